The van der Waals surface area contributed by atoms with Crippen LogP contribution < -0.4 is 26.4 Å². The Morgan fingerprint density at radius 3 is 1.46 bits per heavy atom. The molecule has 1 aliphatic heterocycles. The molecule has 1 fully saturated rings. The van der Waals surface area contributed by atoms with E-state index in [1.165, 1.54) is 106 Å². The summed E-state index contributed by atoms with van der Waals surface area (Å²) in [5, 5.41) is 28.9. The number of nitrogens with one attached hydrogen (secondary N) is 5. The molecule has 0 spiro atoms. The number of carbonyl (C=O) groups excluding carboxylic acids is 11. The maximum absolute atomic E-state index is 15.4. The summed E-state index contributed by atoms with van der Waals surface area (Å²) in [5.41, 5.74) is 0.670. The maximum atomic E-state index is 15.4. The van der Waals surface area contributed by atoms with Gasteiger partial charge in [-0.1, -0.05) is 96.9 Å². The first-order chi connectivity index (χ1) is 43.8. The van der Waals surface area contributed by atoms with Gasteiger partial charge in [-0.15, -0.1) is 0 Å². The Morgan fingerprint density at radius 1 is 0.526 bits per heavy atom. The number of aliphatic hydroxyl groups excluding tert-OH is 1. The molecule has 95 heavy (non-hydrogen) atoms. The van der Waals surface area contributed by atoms with Crippen LogP contribution in [0.1, 0.15) is 149 Å². The molecular weight excluding hydrogens is 1240 g/mol. The van der Waals surface area contributed by atoms with Crippen molar-refractivity contribution in [3.05, 3.63) is 24.0 Å². The van der Waals surface area contributed by atoms with E-state index in [0.29, 0.717) is 5.52 Å². The van der Waals surface area contributed by atoms with Crippen LogP contribution in [0.15, 0.2) is 23.1 Å². The van der Waals surface area contributed by atoms with E-state index in [1.54, 1.807) is 41.5 Å². The third-order valence-electron chi connectivity index (χ3n) is 17.7. The molecule has 28 nitrogen and oxygen atoms in total. The number of aliphatic hydroxyl groups is 1. The third kappa shape index (κ3) is 21.6. The van der Waals surface area contributed by atoms with Crippen molar-refractivity contribution in [1.82, 2.24) is 65.5 Å². The number of nitrogens with zero attached hydrogens (tertiary/aromatic N) is 8. The number of imidazole rings is 1. The van der Waals surface area contributed by atoms with Gasteiger partial charge in [0.05, 0.1) is 28.6 Å². The van der Waals surface area contributed by atoms with Crippen LogP contribution in [0, 0.1) is 41.4 Å². The van der Waals surface area contributed by atoms with E-state index in [-0.39, 0.29) is 78.4 Å². The first kappa shape index (κ1) is 82.0. The van der Waals surface area contributed by atoms with E-state index >= 15 is 19.2 Å². The van der Waals surface area contributed by atoms with Crippen LogP contribution in [0.3, 0.4) is 0 Å². The maximum Gasteiger partial charge on any atom is 0.246 e. The van der Waals surface area contributed by atoms with Crippen LogP contribution in [0.2, 0.25) is 0 Å². The first-order valence-corrected chi connectivity index (χ1v) is 34.6. The quantitative estimate of drug-likeness (QED) is 0.127. The lowest BCUT2D eigenvalue weighted by molar-refractivity contribution is -0.157. The number of carbonyl (C=O) groups is 11. The second-order valence-corrected chi connectivity index (χ2v) is 30.0. The Labute approximate surface area is 562 Å². The number of aromatic amines is 1. The fourth-order valence-corrected chi connectivity index (χ4v) is 12.5. The van der Waals surface area contributed by atoms with Crippen molar-refractivity contribution < 1.29 is 66.3 Å². The fraction of sp³-hybridized carbons (Fsp3) is 0.727. The number of nitrogens with two attached hydrogens (primary N) is 1. The summed E-state index contributed by atoms with van der Waals surface area (Å²) in [6.07, 6.45) is -1.42. The Kier molecular flexibility index (Phi) is 30.3. The molecule has 12 atom stereocenters. The number of amides is 11. The minimum atomic E-state index is -4.11. The highest BCUT2D eigenvalue weighted by atomic mass is 32.2. The van der Waals surface area contributed by atoms with E-state index in [2.05, 4.69) is 31.2 Å². The Balaban J connectivity index is 2.34. The van der Waals surface area contributed by atoms with E-state index in [1.807, 2.05) is 55.4 Å². The third-order valence-corrected chi connectivity index (χ3v) is 18.6. The smallest absolute Gasteiger partial charge is 0.246 e. The van der Waals surface area contributed by atoms with Gasteiger partial charge >= 0.3 is 0 Å². The SMILES string of the molecule is CC[C@@H]1NC(=O)[C@H]([C@H](O)[C@H](C)Cc2nc3cc(S(N)(=O)=O)ccc3[nH]2)N(C)C(=O)[C@H](C(C)C)N(C)C(=O)[C@H](CC(C)C)N(C)C(=O)[C@H](CC(C)C)N(C)C(=O)[C@@H](C)NC(=O)[C@H](C)NC(=O)[C@H](CC(C)C)N(C)C(=O)[C@H](C(C)C)NC(=O)[C@H](CC(C)C)N(C)C(=O)CN(C)C1=O. The Morgan fingerprint density at radius 2 is 0.979 bits per heavy atom. The summed E-state index contributed by atoms with van der Waals surface area (Å²) in [4.78, 5) is 177. The van der Waals surface area contributed by atoms with E-state index in [0.717, 1.165) is 9.80 Å². The van der Waals surface area contributed by atoms with E-state index in [4.69, 9.17) is 5.14 Å². The monoisotopic (exact) mass is 1360 g/mol. The van der Waals surface area contributed by atoms with Crippen molar-refractivity contribution in [2.75, 3.05) is 55.9 Å². The van der Waals surface area contributed by atoms with Gasteiger partial charge in [-0.3, -0.25) is 52.7 Å². The van der Waals surface area contributed by atoms with Crippen LogP contribution in [0.25, 0.3) is 11.0 Å². The van der Waals surface area contributed by atoms with Gasteiger partial charge in [0.2, 0.25) is 75.0 Å². The summed E-state index contributed by atoms with van der Waals surface area (Å²) in [5.74, 6) is -10.6. The van der Waals surface area contributed by atoms with Gasteiger partial charge in [-0.25, -0.2) is 18.5 Å². The van der Waals surface area contributed by atoms with Crippen molar-refractivity contribution in [1.29, 1.82) is 0 Å². The molecule has 2 aromatic rings. The molecule has 1 aliphatic rings. The molecule has 0 bridgehead atoms. The molecule has 29 heteroatoms. The van der Waals surface area contributed by atoms with Gasteiger partial charge in [0.25, 0.3) is 0 Å². The molecule has 536 valence electrons. The highest BCUT2D eigenvalue weighted by molar-refractivity contribution is 7.89. The average Bonchev–Trinajstić information content (AvgIpc) is 1.58. The molecule has 3 rings (SSSR count). The Bertz CT molecular complexity index is 3170. The molecule has 1 aromatic carbocycles. The largest absolute Gasteiger partial charge is 0.390 e. The van der Waals surface area contributed by atoms with Crippen molar-refractivity contribution in [2.45, 2.75) is 221 Å². The van der Waals surface area contributed by atoms with Crippen LogP contribution in [-0.4, -0.2) is 245 Å². The summed E-state index contributed by atoms with van der Waals surface area (Å²) < 4.78 is 24.4. The topological polar surface area (TPSA) is 368 Å². The van der Waals surface area contributed by atoms with Gasteiger partial charge in [0, 0.05) is 55.8 Å². The first-order valence-electron chi connectivity index (χ1n) is 33.1. The highest BCUT2D eigenvalue weighted by Gasteiger charge is 2.46. The average molecular weight is 1360 g/mol. The second kappa shape index (κ2) is 35.1. The normalized spacial score (nSPS) is 25.5. The van der Waals surface area contributed by atoms with Crippen LogP contribution in [-0.2, 0) is 69.2 Å². The minimum absolute atomic E-state index is 0.0595. The molecular formula is C66H112N14O14S. The highest BCUT2D eigenvalue weighted by Crippen LogP contribution is 2.27. The molecule has 0 saturated carbocycles. The number of likely N-dealkylation sites (N-methyl/N-ethyl adjacent to an activating group) is 7. The molecule has 0 radical (unpaired) electrons. The minimum Gasteiger partial charge on any atom is -0.390 e. The lowest BCUT2D eigenvalue weighted by atomic mass is 9.91. The number of hydrogen-bond donors (Lipinski definition) is 7. The van der Waals surface area contributed by atoms with Gasteiger partial charge in [0.15, 0.2) is 0 Å². The number of benzene rings is 1. The summed E-state index contributed by atoms with van der Waals surface area (Å²) in [7, 11) is 5.56. The van der Waals surface area contributed by atoms with Crippen molar-refractivity contribution >= 4 is 86.0 Å². The van der Waals surface area contributed by atoms with E-state index < -0.39 is 166 Å². The molecule has 0 unspecified atom stereocenters. The standard InChI is InChI=1S/C66H112N14O14S/c1-24-44-62(88)74(17)33-52(81)75(18)47(27-34(2)3)59(85)73-53(38(10)11)65(91)76(19)48(28-35(4)5)58(84)68-41(15)57(83)69-42(16)61(87)77(20)49(29-36(6)7)63(89)78(21)50(30-37(8)9)64(90)79(22)54(39(12)13)66(92)80(23)55(60(86)72-44)56(82)40(14)31-51-70-45-26-25-43(95(67,93)94)32-46(45)71-51/h25-26,32,34-42,44,47-50,53-56,82H,24,27-31,33H2,1-23H3,(H,68,84)(H,69,83)(H,70,71)(H,72,86)(H,73,85)(H2,67,93,94)/t40-,41+,42-,44+,47+,48+,49+,50+,53+,54+,55+,56-/m1/s1. The molecule has 11 amide bonds. The molecule has 0 aliphatic carbocycles. The van der Waals surface area contributed by atoms with Gasteiger partial charge in [-0.2, -0.15) is 0 Å². The van der Waals surface area contributed by atoms with Crippen molar-refractivity contribution in [3.8, 4) is 0 Å². The number of rotatable bonds is 16. The van der Waals surface area contributed by atoms with Gasteiger partial charge < -0.3 is 65.7 Å². The van der Waals surface area contributed by atoms with Crippen molar-refractivity contribution in [2.24, 2.45) is 46.6 Å². The van der Waals surface area contributed by atoms with Crippen molar-refractivity contribution in [3.63, 3.8) is 0 Å². The predicted octanol–water partition coefficient (Wildman–Crippen LogP) is 2.07. The number of sulfonamides is 1. The molecule has 2 heterocycles. The fourth-order valence-electron chi connectivity index (χ4n) is 11.9. The Hall–Kier alpha value is -7.27. The van der Waals surface area contributed by atoms with Gasteiger partial charge in [0.1, 0.15) is 66.2 Å². The molecule has 1 aromatic heterocycles. The lowest BCUT2D eigenvalue weighted by Crippen LogP contribution is -2.63. The zero-order chi connectivity index (χ0) is 72.9. The summed E-state index contributed by atoms with van der Waals surface area (Å²) in [6.45, 7) is 27.0. The number of aromatic nitrogens is 2. The number of primary sulfonamides is 1. The zero-order valence-corrected chi connectivity index (χ0v) is 61.2. The summed E-state index contributed by atoms with van der Waals surface area (Å²) in [6, 6.07) is -8.99. The summed E-state index contributed by atoms with van der Waals surface area (Å²) >= 11 is 0. The number of fused-ring (bicyclic) bond motifs is 1. The molecule has 8 N–H and O–H groups in total. The van der Waals surface area contributed by atoms with Gasteiger partial charge in [-0.05, 0) is 106 Å². The molecule has 1 saturated heterocycles. The van der Waals surface area contributed by atoms with E-state index in [9.17, 15) is 47.1 Å². The number of hydrogen-bond acceptors (Lipinski definition) is 15. The number of H-pyrrole nitrogens is 1. The second-order valence-electron chi connectivity index (χ2n) is 28.4. The predicted molar refractivity (Wildman–Crippen MR) is 360 cm³/mol. The van der Waals surface area contributed by atoms with Crippen LogP contribution >= 0.6 is 0 Å². The van der Waals surface area contributed by atoms with Crippen LogP contribution in [0.5, 0.6) is 0 Å². The van der Waals surface area contributed by atoms with Crippen LogP contribution in [0.4, 0.5) is 0 Å². The lowest BCUT2D eigenvalue weighted by Gasteiger charge is -2.41. The zero-order valence-electron chi connectivity index (χ0n) is 60.4.